The number of benzene rings is 1. The summed E-state index contributed by atoms with van der Waals surface area (Å²) in [6.45, 7) is 0.954. The van der Waals surface area contributed by atoms with Gasteiger partial charge < -0.3 is 14.6 Å². The first-order valence-corrected chi connectivity index (χ1v) is 8.65. The molecule has 1 saturated carbocycles. The summed E-state index contributed by atoms with van der Waals surface area (Å²) in [7, 11) is 1.54. The van der Waals surface area contributed by atoms with Crippen molar-refractivity contribution in [3.05, 3.63) is 29.6 Å². The predicted molar refractivity (Wildman–Crippen MR) is 88.5 cm³/mol. The number of likely N-dealkylation sites (tertiary alicyclic amines) is 1. The number of hydrogen-bond donors (Lipinski definition) is 1. The van der Waals surface area contributed by atoms with E-state index in [0.29, 0.717) is 35.6 Å². The number of rotatable bonds is 3. The zero-order valence-electron chi connectivity index (χ0n) is 14.1. The zero-order chi connectivity index (χ0) is 17.8. The molecule has 1 saturated heterocycles. The van der Waals surface area contributed by atoms with E-state index in [9.17, 15) is 18.7 Å². The van der Waals surface area contributed by atoms with Crippen LogP contribution < -0.4 is 0 Å². The molecule has 0 spiro atoms. The maximum atomic E-state index is 13.0. The number of piperidine rings is 1. The number of aromatic nitrogens is 2. The van der Waals surface area contributed by atoms with Gasteiger partial charge >= 0.3 is 0 Å². The normalized spacial score (nSPS) is 24.3. The molecule has 7 heteroatoms. The van der Waals surface area contributed by atoms with Gasteiger partial charge in [-0.2, -0.15) is 0 Å². The maximum absolute atomic E-state index is 13.0. The van der Waals surface area contributed by atoms with Crippen LogP contribution in [-0.4, -0.2) is 44.2 Å². The topological polar surface area (TPSA) is 58.4 Å². The lowest BCUT2D eigenvalue weighted by Crippen LogP contribution is -2.51. The third-order valence-electron chi connectivity index (χ3n) is 5.48. The number of hydrogen-bond acceptors (Lipinski definition) is 3. The van der Waals surface area contributed by atoms with Crippen LogP contribution in [0.15, 0.2) is 18.2 Å². The van der Waals surface area contributed by atoms with E-state index in [0.717, 1.165) is 25.7 Å². The molecule has 1 aromatic heterocycles. The van der Waals surface area contributed by atoms with E-state index < -0.39 is 12.0 Å². The van der Waals surface area contributed by atoms with E-state index in [4.69, 9.17) is 0 Å². The first kappa shape index (κ1) is 16.4. The van der Waals surface area contributed by atoms with Gasteiger partial charge in [-0.15, -0.1) is 0 Å². The molecule has 2 aliphatic rings. The Balaban J connectivity index is 1.61. The van der Waals surface area contributed by atoms with Gasteiger partial charge in [0.25, 0.3) is 12.3 Å². The lowest BCUT2D eigenvalue weighted by Gasteiger charge is -2.39. The molecule has 1 aromatic carbocycles. The largest absolute Gasteiger partial charge is 0.388 e. The quantitative estimate of drug-likeness (QED) is 0.927. The molecular formula is C18H21F2N3O2. The number of carbonyl (C=O) groups is 1. The van der Waals surface area contributed by atoms with Crippen molar-refractivity contribution in [1.29, 1.82) is 0 Å². The minimum Gasteiger partial charge on any atom is -0.388 e. The van der Waals surface area contributed by atoms with Crippen molar-refractivity contribution in [3.63, 3.8) is 0 Å². The molecule has 2 heterocycles. The predicted octanol–water partition coefficient (Wildman–Crippen LogP) is 2.89. The SMILES string of the molecule is Cn1c(C(F)F)nc2cc(C(=O)N3CCCC(O)(C4CC4)C3)ccc21. The summed E-state index contributed by atoms with van der Waals surface area (Å²) in [5.74, 6) is -0.180. The Morgan fingerprint density at radius 3 is 2.84 bits per heavy atom. The second-order valence-corrected chi connectivity index (χ2v) is 7.24. The lowest BCUT2D eigenvalue weighted by atomic mass is 9.88. The number of aryl methyl sites for hydroxylation is 1. The third-order valence-corrected chi connectivity index (χ3v) is 5.48. The average molecular weight is 349 g/mol. The molecule has 2 fully saturated rings. The molecule has 25 heavy (non-hydrogen) atoms. The second kappa shape index (κ2) is 5.76. The molecule has 1 N–H and O–H groups in total. The van der Waals surface area contributed by atoms with Crippen LogP contribution in [0.25, 0.3) is 11.0 Å². The Hall–Kier alpha value is -2.02. The molecule has 1 atom stereocenters. The number of halogens is 2. The van der Waals surface area contributed by atoms with Crippen molar-refractivity contribution in [2.75, 3.05) is 13.1 Å². The molecule has 0 radical (unpaired) electrons. The van der Waals surface area contributed by atoms with Crippen molar-refractivity contribution < 1.29 is 18.7 Å². The monoisotopic (exact) mass is 349 g/mol. The van der Waals surface area contributed by atoms with Gasteiger partial charge in [-0.1, -0.05) is 0 Å². The summed E-state index contributed by atoms with van der Waals surface area (Å²) in [4.78, 5) is 18.5. The number of fused-ring (bicyclic) bond motifs is 1. The van der Waals surface area contributed by atoms with Crippen molar-refractivity contribution in [2.24, 2.45) is 13.0 Å². The number of amides is 1. The van der Waals surface area contributed by atoms with Gasteiger partial charge in [-0.3, -0.25) is 4.79 Å². The van der Waals surface area contributed by atoms with Gasteiger partial charge in [0.15, 0.2) is 5.82 Å². The average Bonchev–Trinajstić information content (AvgIpc) is 3.39. The Morgan fingerprint density at radius 1 is 1.40 bits per heavy atom. The molecule has 4 rings (SSSR count). The summed E-state index contributed by atoms with van der Waals surface area (Å²) < 4.78 is 27.3. The van der Waals surface area contributed by atoms with Crippen LogP contribution in [0.3, 0.4) is 0 Å². The van der Waals surface area contributed by atoms with Gasteiger partial charge in [-0.25, -0.2) is 13.8 Å². The fourth-order valence-corrected chi connectivity index (χ4v) is 3.92. The van der Waals surface area contributed by atoms with Crippen molar-refractivity contribution in [1.82, 2.24) is 14.5 Å². The van der Waals surface area contributed by atoms with Crippen LogP contribution >= 0.6 is 0 Å². The highest BCUT2D eigenvalue weighted by Gasteiger charge is 2.46. The summed E-state index contributed by atoms with van der Waals surface area (Å²) in [6, 6.07) is 4.86. The standard InChI is InChI=1S/C18H21F2N3O2/c1-22-14-6-3-11(9-13(14)21-16(22)15(19)20)17(24)23-8-2-7-18(25,10-23)12-4-5-12/h3,6,9,12,15,25H,2,4-5,7-8,10H2,1H3. The number of alkyl halides is 2. The minimum atomic E-state index is -2.66. The highest BCUT2D eigenvalue weighted by molar-refractivity contribution is 5.97. The van der Waals surface area contributed by atoms with Gasteiger partial charge in [0.2, 0.25) is 0 Å². The molecule has 1 aliphatic carbocycles. The van der Waals surface area contributed by atoms with Crippen molar-refractivity contribution >= 4 is 16.9 Å². The maximum Gasteiger partial charge on any atom is 0.295 e. The first-order valence-electron chi connectivity index (χ1n) is 8.65. The Kier molecular flexibility index (Phi) is 3.79. The van der Waals surface area contributed by atoms with Gasteiger partial charge in [0.05, 0.1) is 16.6 Å². The van der Waals surface area contributed by atoms with E-state index in [1.165, 1.54) is 4.57 Å². The molecular weight excluding hydrogens is 328 g/mol. The first-order chi connectivity index (χ1) is 11.9. The Bertz CT molecular complexity index is 831. The fraction of sp³-hybridized carbons (Fsp3) is 0.556. The molecule has 5 nitrogen and oxygen atoms in total. The minimum absolute atomic E-state index is 0.176. The smallest absolute Gasteiger partial charge is 0.295 e. The fourth-order valence-electron chi connectivity index (χ4n) is 3.92. The zero-order valence-corrected chi connectivity index (χ0v) is 14.1. The van der Waals surface area contributed by atoms with Crippen LogP contribution in [0.2, 0.25) is 0 Å². The number of nitrogens with zero attached hydrogens (tertiary/aromatic N) is 3. The highest BCUT2D eigenvalue weighted by atomic mass is 19.3. The number of carbonyl (C=O) groups excluding carboxylic acids is 1. The second-order valence-electron chi connectivity index (χ2n) is 7.24. The van der Waals surface area contributed by atoms with E-state index in [1.807, 2.05) is 0 Å². The van der Waals surface area contributed by atoms with Crippen LogP contribution in [0, 0.1) is 5.92 Å². The summed E-state index contributed by atoms with van der Waals surface area (Å²) in [6.07, 6.45) is 0.898. The van der Waals surface area contributed by atoms with Crippen molar-refractivity contribution in [2.45, 2.75) is 37.7 Å². The molecule has 0 bridgehead atoms. The van der Waals surface area contributed by atoms with Gasteiger partial charge in [-0.05, 0) is 49.8 Å². The van der Waals surface area contributed by atoms with E-state index in [-0.39, 0.29) is 11.7 Å². The molecule has 134 valence electrons. The lowest BCUT2D eigenvalue weighted by molar-refractivity contribution is -0.0407. The Labute approximate surface area is 144 Å². The van der Waals surface area contributed by atoms with Crippen LogP contribution in [0.4, 0.5) is 8.78 Å². The number of imidazole rings is 1. The molecule has 1 unspecified atom stereocenters. The summed E-state index contributed by atoms with van der Waals surface area (Å²) in [5.41, 5.74) is 0.607. The number of β-amino-alcohol motifs (C(OH)–C–C–N with tert-alkyl or cyclic N) is 1. The molecule has 2 aromatic rings. The number of aliphatic hydroxyl groups is 1. The van der Waals surface area contributed by atoms with Crippen LogP contribution in [0.5, 0.6) is 0 Å². The molecule has 1 aliphatic heterocycles. The van der Waals surface area contributed by atoms with Crippen LogP contribution in [0.1, 0.15) is 48.3 Å². The Morgan fingerprint density at radius 2 is 2.16 bits per heavy atom. The van der Waals surface area contributed by atoms with Gasteiger partial charge in [0.1, 0.15) is 0 Å². The van der Waals surface area contributed by atoms with Crippen molar-refractivity contribution in [3.8, 4) is 0 Å². The highest BCUT2D eigenvalue weighted by Crippen LogP contribution is 2.44. The summed E-state index contributed by atoms with van der Waals surface area (Å²) >= 11 is 0. The van der Waals surface area contributed by atoms with Crippen LogP contribution in [-0.2, 0) is 7.05 Å². The van der Waals surface area contributed by atoms with E-state index >= 15 is 0 Å². The molecule has 1 amide bonds. The van der Waals surface area contributed by atoms with E-state index in [2.05, 4.69) is 4.98 Å². The summed E-state index contributed by atoms with van der Waals surface area (Å²) in [5, 5.41) is 10.8. The third kappa shape index (κ3) is 2.80. The van der Waals surface area contributed by atoms with Gasteiger partial charge in [0, 0.05) is 25.7 Å². The van der Waals surface area contributed by atoms with E-state index in [1.54, 1.807) is 30.1 Å².